The minimum atomic E-state index is -1.17. The van der Waals surface area contributed by atoms with Gasteiger partial charge in [0.1, 0.15) is 0 Å². The molecule has 0 spiro atoms. The van der Waals surface area contributed by atoms with Crippen LogP contribution in [0.25, 0.3) is 0 Å². The van der Waals surface area contributed by atoms with Gasteiger partial charge in [0, 0.05) is 13.1 Å². The summed E-state index contributed by atoms with van der Waals surface area (Å²) in [6, 6.07) is 3.45. The van der Waals surface area contributed by atoms with Crippen LogP contribution in [0.5, 0.6) is 0 Å². The smallest absolute Gasteiger partial charge is 0.308 e. The summed E-state index contributed by atoms with van der Waals surface area (Å²) in [6.45, 7) is 0.612. The summed E-state index contributed by atoms with van der Waals surface area (Å²) in [7, 11) is 1.26. The molecule has 1 aliphatic rings. The van der Waals surface area contributed by atoms with Gasteiger partial charge in [-0.3, -0.25) is 9.59 Å². The molecular formula is C14H15F2NO4. The molecule has 1 amide bonds. The molecule has 0 saturated carbocycles. The first-order valence-corrected chi connectivity index (χ1v) is 6.44. The van der Waals surface area contributed by atoms with Gasteiger partial charge >= 0.3 is 5.97 Å². The second kappa shape index (κ2) is 6.62. The topological polar surface area (TPSA) is 55.8 Å². The fourth-order valence-corrected chi connectivity index (χ4v) is 2.14. The van der Waals surface area contributed by atoms with Crippen molar-refractivity contribution in [2.75, 3.05) is 26.8 Å². The van der Waals surface area contributed by atoms with Crippen molar-refractivity contribution in [2.24, 2.45) is 0 Å². The molecule has 1 aromatic carbocycles. The average Bonchev–Trinajstić information content (AvgIpc) is 2.49. The van der Waals surface area contributed by atoms with E-state index >= 15 is 0 Å². The predicted octanol–water partition coefficient (Wildman–Crippen LogP) is 1.37. The first kappa shape index (κ1) is 15.4. The van der Waals surface area contributed by atoms with Crippen molar-refractivity contribution in [3.63, 3.8) is 0 Å². The molecule has 21 heavy (non-hydrogen) atoms. The minimum absolute atomic E-state index is 0.00587. The molecule has 1 aliphatic heterocycles. The summed E-state index contributed by atoms with van der Waals surface area (Å²) in [6.07, 6.45) is -0.502. The maximum absolute atomic E-state index is 13.6. The zero-order valence-electron chi connectivity index (χ0n) is 11.5. The molecular weight excluding hydrogens is 284 g/mol. The number of amides is 1. The molecule has 0 radical (unpaired) electrons. The maximum Gasteiger partial charge on any atom is 0.308 e. The highest BCUT2D eigenvalue weighted by Crippen LogP contribution is 2.17. The Morgan fingerprint density at radius 3 is 2.90 bits per heavy atom. The standard InChI is InChI=1S/C14H15F2NO4/c1-20-12(18)7-9-8-17(5-6-21-9)14(19)10-3-2-4-11(15)13(10)16/h2-4,9H,5-8H2,1H3. The Labute approximate surface area is 120 Å². The molecule has 0 N–H and O–H groups in total. The van der Waals surface area contributed by atoms with E-state index in [2.05, 4.69) is 4.74 Å². The SMILES string of the molecule is COC(=O)CC1CN(C(=O)c2cccc(F)c2F)CCO1. The van der Waals surface area contributed by atoms with E-state index in [1.54, 1.807) is 0 Å². The van der Waals surface area contributed by atoms with E-state index in [1.807, 2.05) is 0 Å². The average molecular weight is 299 g/mol. The quantitative estimate of drug-likeness (QED) is 0.791. The number of hydrogen-bond donors (Lipinski definition) is 0. The Hall–Kier alpha value is -2.02. The van der Waals surface area contributed by atoms with Crippen molar-refractivity contribution in [1.82, 2.24) is 4.90 Å². The third-order valence-electron chi connectivity index (χ3n) is 3.23. The van der Waals surface area contributed by atoms with Gasteiger partial charge in [0.2, 0.25) is 0 Å². The molecule has 1 fully saturated rings. The Morgan fingerprint density at radius 2 is 2.19 bits per heavy atom. The van der Waals surface area contributed by atoms with Crippen LogP contribution in [-0.4, -0.2) is 49.7 Å². The number of halogens is 2. The Bertz CT molecular complexity index is 550. The molecule has 0 aliphatic carbocycles. The molecule has 114 valence electrons. The van der Waals surface area contributed by atoms with Crippen LogP contribution < -0.4 is 0 Å². The van der Waals surface area contributed by atoms with E-state index in [0.29, 0.717) is 0 Å². The van der Waals surface area contributed by atoms with Crippen molar-refractivity contribution in [2.45, 2.75) is 12.5 Å². The van der Waals surface area contributed by atoms with Crippen LogP contribution in [0.2, 0.25) is 0 Å². The number of carbonyl (C=O) groups is 2. The summed E-state index contributed by atoms with van der Waals surface area (Å²) in [5, 5.41) is 0. The van der Waals surface area contributed by atoms with Crippen molar-refractivity contribution in [1.29, 1.82) is 0 Å². The molecule has 1 aromatic rings. The molecule has 0 bridgehead atoms. The molecule has 0 aromatic heterocycles. The van der Waals surface area contributed by atoms with Crippen LogP contribution in [0.3, 0.4) is 0 Å². The fraction of sp³-hybridized carbons (Fsp3) is 0.429. The second-order valence-electron chi connectivity index (χ2n) is 4.63. The Kier molecular flexibility index (Phi) is 4.85. The van der Waals surface area contributed by atoms with E-state index in [0.717, 1.165) is 6.07 Å². The van der Waals surface area contributed by atoms with Gasteiger partial charge in [0.15, 0.2) is 11.6 Å². The van der Waals surface area contributed by atoms with Crippen LogP contribution in [0.4, 0.5) is 8.78 Å². The highest BCUT2D eigenvalue weighted by Gasteiger charge is 2.28. The molecule has 1 saturated heterocycles. The number of benzene rings is 1. The third-order valence-corrected chi connectivity index (χ3v) is 3.23. The van der Waals surface area contributed by atoms with Gasteiger partial charge < -0.3 is 14.4 Å². The molecule has 7 heteroatoms. The zero-order valence-corrected chi connectivity index (χ0v) is 11.5. The lowest BCUT2D eigenvalue weighted by Gasteiger charge is -2.32. The summed E-state index contributed by atoms with van der Waals surface area (Å²) in [5.74, 6) is -3.31. The maximum atomic E-state index is 13.6. The van der Waals surface area contributed by atoms with Gasteiger partial charge in [-0.25, -0.2) is 8.78 Å². The van der Waals surface area contributed by atoms with Crippen LogP contribution >= 0.6 is 0 Å². The van der Waals surface area contributed by atoms with Gasteiger partial charge in [-0.2, -0.15) is 0 Å². The van der Waals surface area contributed by atoms with Gasteiger partial charge in [-0.15, -0.1) is 0 Å². The highest BCUT2D eigenvalue weighted by atomic mass is 19.2. The summed E-state index contributed by atoms with van der Waals surface area (Å²) in [5.41, 5.74) is -0.325. The van der Waals surface area contributed by atoms with E-state index in [1.165, 1.54) is 24.1 Å². The second-order valence-corrected chi connectivity index (χ2v) is 4.63. The van der Waals surface area contributed by atoms with Gasteiger partial charge in [0.25, 0.3) is 5.91 Å². The number of nitrogens with zero attached hydrogens (tertiary/aromatic N) is 1. The van der Waals surface area contributed by atoms with E-state index in [-0.39, 0.29) is 31.7 Å². The number of methoxy groups -OCH3 is 1. The monoisotopic (exact) mass is 299 g/mol. The van der Waals surface area contributed by atoms with E-state index in [4.69, 9.17) is 4.74 Å². The van der Waals surface area contributed by atoms with E-state index < -0.39 is 29.6 Å². The molecule has 5 nitrogen and oxygen atoms in total. The number of ether oxygens (including phenoxy) is 2. The molecule has 1 unspecified atom stereocenters. The van der Waals surface area contributed by atoms with Gasteiger partial charge in [-0.1, -0.05) is 6.07 Å². The lowest BCUT2D eigenvalue weighted by Crippen LogP contribution is -2.46. The number of esters is 1. The first-order chi connectivity index (χ1) is 10.0. The van der Waals surface area contributed by atoms with Crippen LogP contribution in [0.15, 0.2) is 18.2 Å². The first-order valence-electron chi connectivity index (χ1n) is 6.44. The number of morpholine rings is 1. The van der Waals surface area contributed by atoms with Crippen LogP contribution in [-0.2, 0) is 14.3 Å². The minimum Gasteiger partial charge on any atom is -0.469 e. The normalized spacial score (nSPS) is 18.4. The number of hydrogen-bond acceptors (Lipinski definition) is 4. The highest BCUT2D eigenvalue weighted by molar-refractivity contribution is 5.94. The fourth-order valence-electron chi connectivity index (χ4n) is 2.14. The van der Waals surface area contributed by atoms with E-state index in [9.17, 15) is 18.4 Å². The molecule has 1 heterocycles. The van der Waals surface area contributed by atoms with Crippen molar-refractivity contribution in [3.8, 4) is 0 Å². The van der Waals surface area contributed by atoms with Crippen LogP contribution in [0, 0.1) is 11.6 Å². The largest absolute Gasteiger partial charge is 0.469 e. The van der Waals surface area contributed by atoms with Crippen molar-refractivity contribution in [3.05, 3.63) is 35.4 Å². The Balaban J connectivity index is 2.08. The lowest BCUT2D eigenvalue weighted by molar-refractivity contribution is -0.145. The van der Waals surface area contributed by atoms with Gasteiger partial charge in [0.05, 0.1) is 31.8 Å². The van der Waals surface area contributed by atoms with Crippen molar-refractivity contribution >= 4 is 11.9 Å². The third kappa shape index (κ3) is 3.55. The summed E-state index contributed by atoms with van der Waals surface area (Å²) >= 11 is 0. The van der Waals surface area contributed by atoms with Gasteiger partial charge in [-0.05, 0) is 12.1 Å². The summed E-state index contributed by atoms with van der Waals surface area (Å²) < 4.78 is 36.7. The predicted molar refractivity (Wildman–Crippen MR) is 68.6 cm³/mol. The molecule has 1 atom stereocenters. The zero-order chi connectivity index (χ0) is 15.4. The number of carbonyl (C=O) groups excluding carboxylic acids is 2. The lowest BCUT2D eigenvalue weighted by atomic mass is 10.1. The Morgan fingerprint density at radius 1 is 1.43 bits per heavy atom. The number of rotatable bonds is 3. The molecule has 2 rings (SSSR count). The van der Waals surface area contributed by atoms with Crippen molar-refractivity contribution < 1.29 is 27.8 Å². The summed E-state index contributed by atoms with van der Waals surface area (Å²) in [4.78, 5) is 24.8. The van der Waals surface area contributed by atoms with Crippen LogP contribution in [0.1, 0.15) is 16.8 Å².